The normalized spacial score (nSPS) is 11.3. The molecule has 2 N–H and O–H groups in total. The summed E-state index contributed by atoms with van der Waals surface area (Å²) in [5, 5.41) is 10.5. The molecule has 0 saturated heterocycles. The van der Waals surface area contributed by atoms with Gasteiger partial charge in [0.25, 0.3) is 15.7 Å². The van der Waals surface area contributed by atoms with Crippen molar-refractivity contribution < 1.29 is 13.3 Å². The molecule has 2 aromatic rings. The molecule has 116 valence electrons. The fourth-order valence-corrected chi connectivity index (χ4v) is 2.72. The monoisotopic (exact) mass is 321 g/mol. The summed E-state index contributed by atoms with van der Waals surface area (Å²) in [6.07, 6.45) is 0.537. The number of nitro benzene ring substituents is 1. The zero-order valence-corrected chi connectivity index (χ0v) is 12.4. The Labute approximate surface area is 128 Å². The molecule has 0 unspecified atom stereocenters. The van der Waals surface area contributed by atoms with Crippen LogP contribution in [0.5, 0.6) is 0 Å². The van der Waals surface area contributed by atoms with E-state index >= 15 is 0 Å². The minimum absolute atomic E-state index is 0.0292. The fraction of sp³-hybridized carbons (Fsp3) is 0.143. The Morgan fingerprint density at radius 3 is 2.23 bits per heavy atom. The summed E-state index contributed by atoms with van der Waals surface area (Å²) in [7, 11) is -3.58. The molecule has 8 heteroatoms. The first kappa shape index (κ1) is 16.1. The number of nitrogens with zero attached hydrogens (tertiary/aromatic N) is 1. The first-order chi connectivity index (χ1) is 10.5. The second-order valence-corrected chi connectivity index (χ2v) is 6.20. The van der Waals surface area contributed by atoms with E-state index in [0.717, 1.165) is 5.56 Å². The topological polar surface area (TPSA) is 101 Å². The van der Waals surface area contributed by atoms with E-state index in [-0.39, 0.29) is 10.6 Å². The summed E-state index contributed by atoms with van der Waals surface area (Å²) in [6.45, 7) is 0.365. The molecule has 0 bridgehead atoms. The molecule has 0 aliphatic rings. The zero-order chi connectivity index (χ0) is 16.0. The van der Waals surface area contributed by atoms with E-state index in [1.807, 2.05) is 0 Å². The molecule has 7 nitrogen and oxygen atoms in total. The van der Waals surface area contributed by atoms with Crippen molar-refractivity contribution in [3.63, 3.8) is 0 Å². The summed E-state index contributed by atoms with van der Waals surface area (Å²) < 4.78 is 23.8. The van der Waals surface area contributed by atoms with Crippen molar-refractivity contribution in [3.05, 3.63) is 70.3 Å². The molecule has 0 aromatic heterocycles. The summed E-state index contributed by atoms with van der Waals surface area (Å²) in [5.41, 5.74) is 3.54. The highest BCUT2D eigenvalue weighted by Gasteiger charge is 2.11. The first-order valence-electron chi connectivity index (χ1n) is 6.52. The third-order valence-electron chi connectivity index (χ3n) is 2.95. The third-order valence-corrected chi connectivity index (χ3v) is 4.25. The highest BCUT2D eigenvalue weighted by atomic mass is 32.2. The van der Waals surface area contributed by atoms with Gasteiger partial charge in [-0.1, -0.05) is 30.3 Å². The largest absolute Gasteiger partial charge is 0.269 e. The predicted octanol–water partition coefficient (Wildman–Crippen LogP) is 1.62. The van der Waals surface area contributed by atoms with Crippen molar-refractivity contribution >= 4 is 15.7 Å². The van der Waals surface area contributed by atoms with E-state index in [0.29, 0.717) is 13.0 Å². The molecule has 0 fully saturated rings. The van der Waals surface area contributed by atoms with Gasteiger partial charge in [-0.05, 0) is 24.1 Å². The van der Waals surface area contributed by atoms with Crippen LogP contribution in [0.15, 0.2) is 59.5 Å². The predicted molar refractivity (Wildman–Crippen MR) is 81.6 cm³/mol. The van der Waals surface area contributed by atoms with Gasteiger partial charge < -0.3 is 0 Å². The summed E-state index contributed by atoms with van der Waals surface area (Å²) in [4.78, 5) is 12.5. The van der Waals surface area contributed by atoms with E-state index in [1.165, 1.54) is 24.3 Å². The quantitative estimate of drug-likeness (QED) is 0.458. The molecule has 0 aliphatic heterocycles. The minimum Gasteiger partial charge on any atom is -0.258 e. The van der Waals surface area contributed by atoms with Crippen molar-refractivity contribution in [3.8, 4) is 0 Å². The lowest BCUT2D eigenvalue weighted by atomic mass is 10.1. The number of non-ortho nitro benzene ring substituents is 1. The standard InChI is InChI=1S/C14H15N3O4S/c18-17(19)13-8-6-12(7-9-13)10-11-15-16-22(20,21)14-4-2-1-3-5-14/h1-9,15-16H,10-11H2. The van der Waals surface area contributed by atoms with Crippen LogP contribution < -0.4 is 10.3 Å². The number of sulfonamides is 1. The first-order valence-corrected chi connectivity index (χ1v) is 8.00. The van der Waals surface area contributed by atoms with Crippen LogP contribution in [-0.4, -0.2) is 19.9 Å². The van der Waals surface area contributed by atoms with E-state index in [9.17, 15) is 18.5 Å². The molecule has 0 radical (unpaired) electrons. The van der Waals surface area contributed by atoms with Crippen molar-refractivity contribution in [2.24, 2.45) is 0 Å². The van der Waals surface area contributed by atoms with Gasteiger partial charge in [0, 0.05) is 18.7 Å². The van der Waals surface area contributed by atoms with Gasteiger partial charge in [0.15, 0.2) is 0 Å². The third kappa shape index (κ3) is 4.35. The van der Waals surface area contributed by atoms with Gasteiger partial charge in [0.2, 0.25) is 0 Å². The van der Waals surface area contributed by atoms with Gasteiger partial charge in [-0.15, -0.1) is 4.83 Å². The molecule has 0 aliphatic carbocycles. The Hall–Kier alpha value is -2.29. The molecule has 0 saturated carbocycles. The lowest BCUT2D eigenvalue weighted by Crippen LogP contribution is -2.38. The van der Waals surface area contributed by atoms with Crippen LogP contribution in [0.3, 0.4) is 0 Å². The van der Waals surface area contributed by atoms with Crippen molar-refractivity contribution in [1.29, 1.82) is 0 Å². The molecule has 22 heavy (non-hydrogen) atoms. The van der Waals surface area contributed by atoms with Crippen LogP contribution in [0.25, 0.3) is 0 Å². The van der Waals surface area contributed by atoms with Crippen molar-refractivity contribution in [1.82, 2.24) is 10.3 Å². The van der Waals surface area contributed by atoms with Crippen LogP contribution in [0, 0.1) is 10.1 Å². The molecule has 0 atom stereocenters. The Balaban J connectivity index is 1.83. The van der Waals surface area contributed by atoms with E-state index in [1.54, 1.807) is 30.3 Å². The molecular formula is C14H15N3O4S. The maximum Gasteiger partial charge on any atom is 0.269 e. The van der Waals surface area contributed by atoms with Crippen LogP contribution in [0.1, 0.15) is 5.56 Å². The summed E-state index contributed by atoms with van der Waals surface area (Å²) in [5.74, 6) is 0. The lowest BCUT2D eigenvalue weighted by Gasteiger charge is -2.08. The Morgan fingerprint density at radius 1 is 1.00 bits per heavy atom. The maximum atomic E-state index is 11.9. The number of nitrogens with one attached hydrogen (secondary N) is 2. The number of nitro groups is 1. The fourth-order valence-electron chi connectivity index (χ4n) is 1.80. The number of hydrogen-bond acceptors (Lipinski definition) is 5. The van der Waals surface area contributed by atoms with Gasteiger partial charge in [0.05, 0.1) is 9.82 Å². The molecular weight excluding hydrogens is 306 g/mol. The van der Waals surface area contributed by atoms with Crippen LogP contribution in [0.2, 0.25) is 0 Å². The van der Waals surface area contributed by atoms with Gasteiger partial charge in [-0.25, -0.2) is 13.8 Å². The highest BCUT2D eigenvalue weighted by Crippen LogP contribution is 2.12. The van der Waals surface area contributed by atoms with Crippen molar-refractivity contribution in [2.45, 2.75) is 11.3 Å². The second kappa shape index (κ2) is 7.12. The Morgan fingerprint density at radius 2 is 1.64 bits per heavy atom. The molecule has 0 amide bonds. The Kier molecular flexibility index (Phi) is 5.21. The van der Waals surface area contributed by atoms with Crippen LogP contribution in [0.4, 0.5) is 5.69 Å². The lowest BCUT2D eigenvalue weighted by molar-refractivity contribution is -0.384. The highest BCUT2D eigenvalue weighted by molar-refractivity contribution is 7.89. The van der Waals surface area contributed by atoms with Crippen LogP contribution >= 0.6 is 0 Å². The number of hydrogen-bond donors (Lipinski definition) is 2. The molecule has 0 spiro atoms. The average Bonchev–Trinajstić information content (AvgIpc) is 2.53. The number of benzene rings is 2. The van der Waals surface area contributed by atoms with Gasteiger partial charge in [-0.2, -0.15) is 0 Å². The molecule has 2 rings (SSSR count). The summed E-state index contributed by atoms with van der Waals surface area (Å²) >= 11 is 0. The van der Waals surface area contributed by atoms with Crippen LogP contribution in [-0.2, 0) is 16.4 Å². The number of rotatable bonds is 7. The van der Waals surface area contributed by atoms with E-state index < -0.39 is 14.9 Å². The van der Waals surface area contributed by atoms with Gasteiger partial charge in [0.1, 0.15) is 0 Å². The molecule has 0 heterocycles. The van der Waals surface area contributed by atoms with E-state index in [2.05, 4.69) is 10.3 Å². The second-order valence-electron chi connectivity index (χ2n) is 4.52. The van der Waals surface area contributed by atoms with E-state index in [4.69, 9.17) is 0 Å². The zero-order valence-electron chi connectivity index (χ0n) is 11.6. The SMILES string of the molecule is O=[N+]([O-])c1ccc(CCNNS(=O)(=O)c2ccccc2)cc1. The average molecular weight is 321 g/mol. The van der Waals surface area contributed by atoms with Gasteiger partial charge >= 0.3 is 0 Å². The maximum absolute atomic E-state index is 11.9. The number of hydrazine groups is 1. The smallest absolute Gasteiger partial charge is 0.258 e. The summed E-state index contributed by atoms with van der Waals surface area (Å²) in [6, 6.07) is 14.2. The van der Waals surface area contributed by atoms with Crippen molar-refractivity contribution in [2.75, 3.05) is 6.54 Å². The van der Waals surface area contributed by atoms with Gasteiger partial charge in [-0.3, -0.25) is 10.1 Å². The molecule has 2 aromatic carbocycles. The minimum atomic E-state index is -3.58. The Bertz CT molecular complexity index is 730.